The summed E-state index contributed by atoms with van der Waals surface area (Å²) in [7, 11) is 0. The summed E-state index contributed by atoms with van der Waals surface area (Å²) in [6.07, 6.45) is 0. The minimum atomic E-state index is -0.507. The molecule has 0 radical (unpaired) electrons. The van der Waals surface area contributed by atoms with Gasteiger partial charge in [-0.15, -0.1) is 0 Å². The van der Waals surface area contributed by atoms with Gasteiger partial charge in [0.1, 0.15) is 23.7 Å². The number of carbonyl (C=O) groups is 1. The maximum absolute atomic E-state index is 13.2. The fraction of sp³-hybridized carbons (Fsp3) is 0.333. The van der Waals surface area contributed by atoms with Crippen molar-refractivity contribution in [3.05, 3.63) is 56.6 Å². The van der Waals surface area contributed by atoms with E-state index in [-0.39, 0.29) is 36.2 Å². The van der Waals surface area contributed by atoms with Crippen LogP contribution in [0.1, 0.15) is 22.5 Å². The molecule has 0 aliphatic heterocycles. The first-order valence-corrected chi connectivity index (χ1v) is 6.99. The largest absolute Gasteiger partial charge is 0.350 e. The van der Waals surface area contributed by atoms with Crippen LogP contribution in [-0.4, -0.2) is 20.6 Å². The number of hydrogen-bond donors (Lipinski definition) is 1. The summed E-state index contributed by atoms with van der Waals surface area (Å²) < 4.78 is 14.5. The van der Waals surface area contributed by atoms with Crippen molar-refractivity contribution in [3.8, 4) is 0 Å². The van der Waals surface area contributed by atoms with Crippen LogP contribution in [0.4, 0.5) is 10.1 Å². The molecule has 1 aromatic carbocycles. The minimum Gasteiger partial charge on any atom is -0.350 e. The summed E-state index contributed by atoms with van der Waals surface area (Å²) in [5, 5.41) is 17.6. The number of benzene rings is 1. The van der Waals surface area contributed by atoms with Gasteiger partial charge in [-0.3, -0.25) is 19.6 Å². The predicted molar refractivity (Wildman–Crippen MR) is 81.3 cm³/mol. The standard InChI is InChI=1S/C15H17FN4O3/c1-9-6-12(4-5-13(9)16)7-17-14(21)8-19-11(3)15(20(22)23)10(2)18-19/h4-6H,7-8H2,1-3H3,(H,17,21). The number of nitro groups is 1. The van der Waals surface area contributed by atoms with Crippen LogP contribution in [0.25, 0.3) is 0 Å². The predicted octanol–water partition coefficient (Wildman–Crippen LogP) is 2.17. The molecular weight excluding hydrogens is 303 g/mol. The van der Waals surface area contributed by atoms with E-state index in [1.165, 1.54) is 17.7 Å². The lowest BCUT2D eigenvalue weighted by Crippen LogP contribution is -2.28. The van der Waals surface area contributed by atoms with E-state index in [4.69, 9.17) is 0 Å². The molecule has 2 aromatic rings. The number of aromatic nitrogens is 2. The summed E-state index contributed by atoms with van der Waals surface area (Å²) in [6, 6.07) is 4.60. The van der Waals surface area contributed by atoms with Gasteiger partial charge in [0, 0.05) is 6.54 Å². The Morgan fingerprint density at radius 1 is 1.39 bits per heavy atom. The Labute approximate surface area is 132 Å². The van der Waals surface area contributed by atoms with E-state index in [1.807, 2.05) is 0 Å². The monoisotopic (exact) mass is 320 g/mol. The molecule has 122 valence electrons. The lowest BCUT2D eigenvalue weighted by molar-refractivity contribution is -0.386. The molecule has 0 aliphatic rings. The van der Waals surface area contributed by atoms with Crippen LogP contribution >= 0.6 is 0 Å². The Hall–Kier alpha value is -2.77. The normalized spacial score (nSPS) is 10.6. The quantitative estimate of drug-likeness (QED) is 0.675. The highest BCUT2D eigenvalue weighted by Gasteiger charge is 2.22. The van der Waals surface area contributed by atoms with E-state index in [0.29, 0.717) is 11.3 Å². The molecule has 1 aromatic heterocycles. The second-order valence-electron chi connectivity index (χ2n) is 5.29. The fourth-order valence-corrected chi connectivity index (χ4v) is 2.31. The van der Waals surface area contributed by atoms with E-state index in [0.717, 1.165) is 5.56 Å². The van der Waals surface area contributed by atoms with Gasteiger partial charge in [0.2, 0.25) is 5.91 Å². The molecule has 0 spiro atoms. The zero-order valence-electron chi connectivity index (χ0n) is 13.1. The SMILES string of the molecule is Cc1cc(CNC(=O)Cn2nc(C)c([N+](=O)[O-])c2C)ccc1F. The second kappa shape index (κ2) is 6.55. The highest BCUT2D eigenvalue weighted by molar-refractivity contribution is 5.75. The van der Waals surface area contributed by atoms with Crippen LogP contribution in [0.5, 0.6) is 0 Å². The number of aryl methyl sites for hydroxylation is 2. The first-order valence-electron chi connectivity index (χ1n) is 6.99. The maximum atomic E-state index is 13.2. The zero-order valence-corrected chi connectivity index (χ0v) is 13.1. The van der Waals surface area contributed by atoms with Crippen molar-refractivity contribution in [2.24, 2.45) is 0 Å². The zero-order chi connectivity index (χ0) is 17.1. The summed E-state index contributed by atoms with van der Waals surface area (Å²) in [4.78, 5) is 22.4. The molecule has 0 fully saturated rings. The lowest BCUT2D eigenvalue weighted by Gasteiger charge is -2.07. The van der Waals surface area contributed by atoms with Crippen molar-refractivity contribution >= 4 is 11.6 Å². The summed E-state index contributed by atoms with van der Waals surface area (Å²) >= 11 is 0. The summed E-state index contributed by atoms with van der Waals surface area (Å²) in [5.41, 5.74) is 1.81. The third kappa shape index (κ3) is 3.71. The van der Waals surface area contributed by atoms with Gasteiger partial charge in [0.15, 0.2) is 0 Å². The van der Waals surface area contributed by atoms with Crippen molar-refractivity contribution in [2.45, 2.75) is 33.9 Å². The molecule has 7 nitrogen and oxygen atoms in total. The van der Waals surface area contributed by atoms with Gasteiger partial charge >= 0.3 is 5.69 Å². The third-order valence-electron chi connectivity index (χ3n) is 3.53. The highest BCUT2D eigenvalue weighted by atomic mass is 19.1. The Morgan fingerprint density at radius 2 is 2.09 bits per heavy atom. The number of rotatable bonds is 5. The number of nitrogens with one attached hydrogen (secondary N) is 1. The average molecular weight is 320 g/mol. The van der Waals surface area contributed by atoms with Crippen LogP contribution in [0, 0.1) is 36.7 Å². The van der Waals surface area contributed by atoms with Gasteiger partial charge in [-0.25, -0.2) is 4.39 Å². The smallest absolute Gasteiger partial charge is 0.312 e. The molecule has 23 heavy (non-hydrogen) atoms. The van der Waals surface area contributed by atoms with Crippen molar-refractivity contribution in [2.75, 3.05) is 0 Å². The van der Waals surface area contributed by atoms with E-state index >= 15 is 0 Å². The highest BCUT2D eigenvalue weighted by Crippen LogP contribution is 2.21. The molecule has 8 heteroatoms. The first-order chi connectivity index (χ1) is 10.8. The lowest BCUT2D eigenvalue weighted by atomic mass is 10.1. The molecule has 0 unspecified atom stereocenters. The molecule has 1 N–H and O–H groups in total. The molecule has 2 rings (SSSR count). The Morgan fingerprint density at radius 3 is 2.65 bits per heavy atom. The third-order valence-corrected chi connectivity index (χ3v) is 3.53. The van der Waals surface area contributed by atoms with Crippen LogP contribution < -0.4 is 5.32 Å². The van der Waals surface area contributed by atoms with Gasteiger partial charge in [0.05, 0.1) is 4.92 Å². The van der Waals surface area contributed by atoms with E-state index < -0.39 is 4.92 Å². The molecular formula is C15H17FN4O3. The molecule has 1 heterocycles. The second-order valence-corrected chi connectivity index (χ2v) is 5.29. The number of hydrogen-bond acceptors (Lipinski definition) is 4. The molecule has 0 bridgehead atoms. The molecule has 0 aliphatic carbocycles. The Bertz CT molecular complexity index is 770. The van der Waals surface area contributed by atoms with E-state index in [9.17, 15) is 19.3 Å². The molecule has 0 atom stereocenters. The van der Waals surface area contributed by atoms with Crippen molar-refractivity contribution in [3.63, 3.8) is 0 Å². The van der Waals surface area contributed by atoms with Gasteiger partial charge in [-0.1, -0.05) is 12.1 Å². The van der Waals surface area contributed by atoms with Gasteiger partial charge in [-0.05, 0) is 38.0 Å². The Balaban J connectivity index is 2.01. The molecule has 1 amide bonds. The minimum absolute atomic E-state index is 0.0769. The number of halogens is 1. The van der Waals surface area contributed by atoms with Crippen LogP contribution in [-0.2, 0) is 17.9 Å². The summed E-state index contributed by atoms with van der Waals surface area (Å²) in [5.74, 6) is -0.623. The number of nitrogens with zero attached hydrogens (tertiary/aromatic N) is 3. The van der Waals surface area contributed by atoms with Crippen molar-refractivity contribution < 1.29 is 14.1 Å². The first kappa shape index (κ1) is 16.6. The number of amides is 1. The van der Waals surface area contributed by atoms with Crippen LogP contribution in [0.3, 0.4) is 0 Å². The maximum Gasteiger partial charge on any atom is 0.312 e. The van der Waals surface area contributed by atoms with Crippen LogP contribution in [0.2, 0.25) is 0 Å². The average Bonchev–Trinajstić information content (AvgIpc) is 2.74. The van der Waals surface area contributed by atoms with Gasteiger partial charge < -0.3 is 5.32 Å². The van der Waals surface area contributed by atoms with Crippen molar-refractivity contribution in [1.29, 1.82) is 0 Å². The van der Waals surface area contributed by atoms with Crippen molar-refractivity contribution in [1.82, 2.24) is 15.1 Å². The molecule has 0 saturated carbocycles. The van der Waals surface area contributed by atoms with Gasteiger partial charge in [0.25, 0.3) is 0 Å². The molecule has 0 saturated heterocycles. The topological polar surface area (TPSA) is 90.1 Å². The van der Waals surface area contributed by atoms with Gasteiger partial charge in [-0.2, -0.15) is 5.10 Å². The van der Waals surface area contributed by atoms with Crippen LogP contribution in [0.15, 0.2) is 18.2 Å². The Kier molecular flexibility index (Phi) is 4.73. The van der Waals surface area contributed by atoms with E-state index in [1.54, 1.807) is 26.0 Å². The summed E-state index contributed by atoms with van der Waals surface area (Å²) in [6.45, 7) is 4.87. The number of carbonyl (C=O) groups excluding carboxylic acids is 1. The fourth-order valence-electron chi connectivity index (χ4n) is 2.31. The van der Waals surface area contributed by atoms with E-state index in [2.05, 4.69) is 10.4 Å².